The van der Waals surface area contributed by atoms with Gasteiger partial charge < -0.3 is 43.8 Å². The van der Waals surface area contributed by atoms with Gasteiger partial charge in [0.1, 0.15) is 19.0 Å². The van der Waals surface area contributed by atoms with Gasteiger partial charge in [-0.15, -0.1) is 115 Å². The molecule has 7 heterocycles. The molecule has 2 aliphatic heterocycles. The molecule has 7 radical (unpaired) electrons. The third kappa shape index (κ3) is 18.9. The summed E-state index contributed by atoms with van der Waals surface area (Å²) in [5.74, 6) is 2.29. The zero-order chi connectivity index (χ0) is 78.4. The topological polar surface area (TPSA) is 101 Å². The molecule has 0 saturated heterocycles. The van der Waals surface area contributed by atoms with Gasteiger partial charge in [-0.2, -0.15) is 0 Å². The Kier molecular flexibility index (Phi) is 32.0. The van der Waals surface area contributed by atoms with Gasteiger partial charge in [-0.25, -0.2) is 4.39 Å². The minimum atomic E-state index is -0.399. The van der Waals surface area contributed by atoms with Gasteiger partial charge >= 0.3 is 8.05 Å². The summed E-state index contributed by atoms with van der Waals surface area (Å²) in [5.41, 5.74) is 21.6. The van der Waals surface area contributed by atoms with Gasteiger partial charge in [0, 0.05) is 141 Å². The fraction of sp³-hybridized carbons (Fsp3) is 0.245. The van der Waals surface area contributed by atoms with Crippen LogP contribution >= 0.6 is 0 Å². The van der Waals surface area contributed by atoms with Crippen LogP contribution in [0.1, 0.15) is 144 Å². The minimum absolute atomic E-state index is 0. The maximum atomic E-state index is 15.0. The van der Waals surface area contributed by atoms with Gasteiger partial charge in [0.05, 0.1) is 18.1 Å². The van der Waals surface area contributed by atoms with Crippen LogP contribution in [0, 0.1) is 36.1 Å². The summed E-state index contributed by atoms with van der Waals surface area (Å²) >= 11 is 0. The molecule has 19 rings (SSSR count). The largest absolute Gasteiger partial charge is 0.578 e. The van der Waals surface area contributed by atoms with Gasteiger partial charge in [0.15, 0.2) is 0 Å². The average molecular weight is 2440 g/mol. The molecule has 11 aromatic carbocycles. The van der Waals surface area contributed by atoms with Crippen molar-refractivity contribution in [2.45, 2.75) is 146 Å². The van der Waals surface area contributed by atoms with E-state index in [0.717, 1.165) is 194 Å². The smallest absolute Gasteiger partial charge is 0.372 e. The summed E-state index contributed by atoms with van der Waals surface area (Å²) in [7, 11) is 5.40. The molecule has 0 amide bonds. The predicted molar refractivity (Wildman–Crippen MR) is 463 cm³/mol. The van der Waals surface area contributed by atoms with Crippen molar-refractivity contribution in [1.29, 1.82) is 0 Å². The number of fused-ring (bicyclic) bond motifs is 11. The van der Waals surface area contributed by atoms with Crippen LogP contribution in [-0.2, 0) is 170 Å². The van der Waals surface area contributed by atoms with E-state index in [1.807, 2.05) is 31.2 Å². The van der Waals surface area contributed by atoms with Crippen molar-refractivity contribution < 1.29 is 124 Å². The Morgan fingerprint density at radius 3 is 1.45 bits per heavy atom. The quantitative estimate of drug-likeness (QED) is 0.0634. The number of rotatable bonds is 13. The standard InChI is InChI=1S/C23H20N.C22H21FN.C21H20NO.C19H15BNO3.C17H16N.5Ir/c1-3-16-13-17-9-5-7-11-20(17)22(14-16)23-21-12-8-6-10-18(21)15-19(4-2)24-23;1-5-13-10-16-20(18(23)11-13)22(3,4)17-9-7-8-14-12-15(6-2)24-21(16)19(14)17;1-3-14-11-16(13-20-18(14)9-10-23-20)21-19-8-6-5-7-15(19)12-17(4-2)22-21;1-2-14-9-12-5-3-4-6-15(12)18(21-14)13-10-16-19(17(11-13)24-20)23-8-7-22-16;1-3-12-5-6-13-7-8-14-9-10-15(4-2)18-17(14)16(13)11-12;;;;;/h5-13,15H,3-4H2,1-2H3;7-9,11-12H,5-6H2,1-4H3;5-8,12-13H,3-4,9-10H2,1-2H3;3-6,9-10H,2,7-8H2,1H3;5-10H,3-4H2,1-2H3;;;;;/q5*-1;;;;;. The molecular formula is C102H92BFIr5N5O4-5. The van der Waals surface area contributed by atoms with Crippen molar-refractivity contribution in [3.05, 3.63) is 304 Å². The summed E-state index contributed by atoms with van der Waals surface area (Å²) in [5, 5.41) is 15.4. The molecule has 5 aromatic heterocycles. The Balaban J connectivity index is 0.000000154. The number of aromatic nitrogens is 5. The Hall–Kier alpha value is -8.57. The first-order valence-electron chi connectivity index (χ1n) is 40.1. The van der Waals surface area contributed by atoms with E-state index in [-0.39, 0.29) is 106 Å². The molecule has 16 heteroatoms. The van der Waals surface area contributed by atoms with Gasteiger partial charge in [0.2, 0.25) is 0 Å². The van der Waals surface area contributed by atoms with E-state index in [0.29, 0.717) is 30.5 Å². The molecule has 609 valence electrons. The van der Waals surface area contributed by atoms with Gasteiger partial charge in [0.25, 0.3) is 0 Å². The van der Waals surface area contributed by atoms with E-state index in [1.165, 1.54) is 70.7 Å². The summed E-state index contributed by atoms with van der Waals surface area (Å²) in [6, 6.07) is 86.8. The molecule has 0 atom stereocenters. The van der Waals surface area contributed by atoms with Crippen molar-refractivity contribution in [2.75, 3.05) is 19.8 Å². The van der Waals surface area contributed by atoms with Crippen molar-refractivity contribution >= 4 is 83.6 Å². The Bertz CT molecular complexity index is 6140. The van der Waals surface area contributed by atoms with Crippen LogP contribution in [0.3, 0.4) is 0 Å². The van der Waals surface area contributed by atoms with Gasteiger partial charge in [-0.3, -0.25) is 0 Å². The number of hydrogen-bond acceptors (Lipinski definition) is 9. The number of benzene rings is 11. The zero-order valence-corrected chi connectivity index (χ0v) is 80.2. The number of ether oxygens (including phenoxy) is 3. The second-order valence-corrected chi connectivity index (χ2v) is 29.4. The first kappa shape index (κ1) is 91.7. The molecular weight excluding hydrogens is 2350 g/mol. The maximum Gasteiger partial charge on any atom is 0.372 e. The van der Waals surface area contributed by atoms with Crippen LogP contribution in [0.5, 0.6) is 23.0 Å². The molecule has 16 aromatic rings. The van der Waals surface area contributed by atoms with Crippen molar-refractivity contribution in [3.63, 3.8) is 0 Å². The Morgan fingerprint density at radius 1 is 0.390 bits per heavy atom. The first-order chi connectivity index (χ1) is 55.2. The molecule has 0 fully saturated rings. The van der Waals surface area contributed by atoms with E-state index >= 15 is 4.39 Å². The monoisotopic (exact) mass is 2450 g/mol. The number of pyridine rings is 5. The number of aryl methyl sites for hydroxylation is 9. The first-order valence-corrected chi connectivity index (χ1v) is 40.1. The van der Waals surface area contributed by atoms with E-state index in [4.69, 9.17) is 51.8 Å². The normalized spacial score (nSPS) is 12.2. The van der Waals surface area contributed by atoms with Crippen molar-refractivity contribution in [3.8, 4) is 68.0 Å². The Morgan fingerprint density at radius 2 is 0.864 bits per heavy atom. The molecule has 0 saturated carbocycles. The van der Waals surface area contributed by atoms with E-state index in [9.17, 15) is 0 Å². The van der Waals surface area contributed by atoms with E-state index < -0.39 is 5.41 Å². The van der Waals surface area contributed by atoms with Crippen LogP contribution in [-0.4, -0.2) is 52.8 Å². The Labute approximate surface area is 762 Å². The van der Waals surface area contributed by atoms with Crippen LogP contribution in [0.4, 0.5) is 4.39 Å². The summed E-state index contributed by atoms with van der Waals surface area (Å²) < 4.78 is 37.1. The van der Waals surface area contributed by atoms with Crippen molar-refractivity contribution in [2.24, 2.45) is 0 Å². The predicted octanol–water partition coefficient (Wildman–Crippen LogP) is 24.1. The summed E-state index contributed by atoms with van der Waals surface area (Å²) in [4.78, 5) is 24.3. The van der Waals surface area contributed by atoms with Gasteiger partial charge in [-0.1, -0.05) is 238 Å². The SMILES string of the molecule is CCc1[c-]c(-c2nc(CC)cc3ccccc23)c2ccccc2c1.CCc1[c-]c2c(c(F)c1)C(C)(C)c1cccc3cc(CC)nc-2c13.CCc1[c-]c2c(cc1)ccc1ccc(CC)nc12.CCc1cc2ccccc2c(-c2[c-]c(CC)c3c(c2)OCC3)n1.[B]Oc1[c-]c(-c2nc(CC)cc3ccccc23)cc2c1OCCO2.[Ir].[Ir].[Ir].[Ir].[Ir]. The average Bonchev–Trinajstić information content (AvgIpc) is 0.717. The van der Waals surface area contributed by atoms with Crippen LogP contribution < -0.4 is 18.9 Å². The molecule has 0 N–H and O–H groups in total. The molecule has 0 unspecified atom stereocenters. The third-order valence-electron chi connectivity index (χ3n) is 22.0. The molecule has 3 aliphatic rings. The number of nitrogens with zero attached hydrogens (tertiary/aromatic N) is 5. The molecule has 1 aliphatic carbocycles. The van der Waals surface area contributed by atoms with E-state index in [1.54, 1.807) is 6.07 Å². The second kappa shape index (κ2) is 41.1. The molecule has 118 heavy (non-hydrogen) atoms. The van der Waals surface area contributed by atoms with Crippen LogP contribution in [0.2, 0.25) is 0 Å². The minimum Gasteiger partial charge on any atom is -0.578 e. The van der Waals surface area contributed by atoms with Gasteiger partial charge in [-0.05, 0) is 182 Å². The van der Waals surface area contributed by atoms with Crippen LogP contribution in [0.25, 0.3) is 121 Å². The van der Waals surface area contributed by atoms with E-state index in [2.05, 4.69) is 269 Å². The zero-order valence-electron chi connectivity index (χ0n) is 68.2. The van der Waals surface area contributed by atoms with Crippen LogP contribution in [0.15, 0.2) is 200 Å². The molecule has 0 spiro atoms. The fourth-order valence-electron chi connectivity index (χ4n) is 15.9. The maximum absolute atomic E-state index is 15.0. The number of halogens is 1. The fourth-order valence-corrected chi connectivity index (χ4v) is 15.9. The molecule has 0 bridgehead atoms. The van der Waals surface area contributed by atoms with Crippen molar-refractivity contribution in [1.82, 2.24) is 24.9 Å². The summed E-state index contributed by atoms with van der Waals surface area (Å²) in [6.45, 7) is 25.1. The molecule has 9 nitrogen and oxygen atoms in total. The number of hydrogen-bond donors (Lipinski definition) is 0. The third-order valence-corrected chi connectivity index (χ3v) is 22.0. The second-order valence-electron chi connectivity index (χ2n) is 29.4. The summed E-state index contributed by atoms with van der Waals surface area (Å²) in [6.07, 6.45) is 9.28.